The Morgan fingerprint density at radius 3 is 2.67 bits per heavy atom. The van der Waals surface area contributed by atoms with E-state index in [1.165, 1.54) is 12.4 Å². The molecule has 0 radical (unpaired) electrons. The van der Waals surface area contributed by atoms with Crippen LogP contribution < -0.4 is 10.1 Å². The third kappa shape index (κ3) is 2.11. The average molecular weight is 247 g/mol. The predicted molar refractivity (Wildman–Crippen MR) is 68.3 cm³/mol. The first-order valence-electron chi connectivity index (χ1n) is 5.50. The molecular formula is C13H14FN3O. The SMILES string of the molecule is CNc1ncnc(-c2ccc(F)c(C)c2)c1OC. The molecule has 0 fully saturated rings. The standard InChI is InChI=1S/C13H14FN3O/c1-8-6-9(4-5-10(8)14)11-12(18-3)13(15-2)17-7-16-11/h4-7H,1-3H3,(H,15,16,17). The van der Waals surface area contributed by atoms with Crippen molar-refractivity contribution in [2.24, 2.45) is 0 Å². The van der Waals surface area contributed by atoms with E-state index in [1.807, 2.05) is 0 Å². The van der Waals surface area contributed by atoms with Crippen molar-refractivity contribution in [3.63, 3.8) is 0 Å². The van der Waals surface area contributed by atoms with Crippen molar-refractivity contribution in [3.8, 4) is 17.0 Å². The van der Waals surface area contributed by atoms with E-state index in [0.29, 0.717) is 22.8 Å². The number of aryl methyl sites for hydroxylation is 1. The van der Waals surface area contributed by atoms with Gasteiger partial charge in [-0.25, -0.2) is 14.4 Å². The summed E-state index contributed by atoms with van der Waals surface area (Å²) in [6.45, 7) is 1.71. The summed E-state index contributed by atoms with van der Waals surface area (Å²) < 4.78 is 18.6. The Morgan fingerprint density at radius 1 is 1.28 bits per heavy atom. The van der Waals surface area contributed by atoms with E-state index in [0.717, 1.165) is 5.56 Å². The Kier molecular flexibility index (Phi) is 3.41. The van der Waals surface area contributed by atoms with Gasteiger partial charge in [0.15, 0.2) is 11.6 Å². The first-order valence-corrected chi connectivity index (χ1v) is 5.50. The molecule has 1 N–H and O–H groups in total. The molecule has 0 saturated heterocycles. The predicted octanol–water partition coefficient (Wildman–Crippen LogP) is 2.64. The van der Waals surface area contributed by atoms with E-state index in [-0.39, 0.29) is 5.82 Å². The molecule has 0 aliphatic carbocycles. The Balaban J connectivity index is 2.59. The van der Waals surface area contributed by atoms with E-state index < -0.39 is 0 Å². The highest BCUT2D eigenvalue weighted by atomic mass is 19.1. The summed E-state index contributed by atoms with van der Waals surface area (Å²) in [4.78, 5) is 8.27. The van der Waals surface area contributed by atoms with Crippen molar-refractivity contribution >= 4 is 5.82 Å². The molecule has 1 aromatic carbocycles. The smallest absolute Gasteiger partial charge is 0.187 e. The van der Waals surface area contributed by atoms with Gasteiger partial charge in [-0.15, -0.1) is 0 Å². The third-order valence-corrected chi connectivity index (χ3v) is 2.68. The number of aromatic nitrogens is 2. The fraction of sp³-hybridized carbons (Fsp3) is 0.231. The number of ether oxygens (including phenoxy) is 1. The molecule has 2 aromatic rings. The molecule has 0 aliphatic heterocycles. The Bertz CT molecular complexity index is 572. The molecule has 1 heterocycles. The fourth-order valence-electron chi connectivity index (χ4n) is 1.74. The number of hydrogen-bond donors (Lipinski definition) is 1. The zero-order valence-corrected chi connectivity index (χ0v) is 10.5. The van der Waals surface area contributed by atoms with Gasteiger partial charge < -0.3 is 10.1 Å². The molecule has 0 unspecified atom stereocenters. The Morgan fingerprint density at radius 2 is 2.06 bits per heavy atom. The van der Waals surface area contributed by atoms with Gasteiger partial charge in [0.05, 0.1) is 7.11 Å². The largest absolute Gasteiger partial charge is 0.491 e. The third-order valence-electron chi connectivity index (χ3n) is 2.68. The molecular weight excluding hydrogens is 233 g/mol. The van der Waals surface area contributed by atoms with Gasteiger partial charge in [-0.2, -0.15) is 0 Å². The summed E-state index contributed by atoms with van der Waals surface area (Å²) in [5, 5.41) is 2.93. The molecule has 0 aliphatic rings. The van der Waals surface area contributed by atoms with Crippen molar-refractivity contribution < 1.29 is 9.13 Å². The minimum absolute atomic E-state index is 0.236. The Hall–Kier alpha value is -2.17. The van der Waals surface area contributed by atoms with E-state index in [2.05, 4.69) is 15.3 Å². The average Bonchev–Trinajstić information content (AvgIpc) is 2.40. The van der Waals surface area contributed by atoms with Crippen LogP contribution in [0.25, 0.3) is 11.3 Å². The summed E-state index contributed by atoms with van der Waals surface area (Å²) in [6, 6.07) is 4.83. The van der Waals surface area contributed by atoms with Gasteiger partial charge in [0.2, 0.25) is 0 Å². The number of rotatable bonds is 3. The molecule has 0 spiro atoms. The van der Waals surface area contributed by atoms with Crippen LogP contribution >= 0.6 is 0 Å². The van der Waals surface area contributed by atoms with Gasteiger partial charge in [-0.05, 0) is 30.7 Å². The van der Waals surface area contributed by atoms with Crippen LogP contribution in [-0.4, -0.2) is 24.1 Å². The lowest BCUT2D eigenvalue weighted by Gasteiger charge is -2.11. The van der Waals surface area contributed by atoms with Gasteiger partial charge >= 0.3 is 0 Å². The number of nitrogens with zero attached hydrogens (tertiary/aromatic N) is 2. The highest BCUT2D eigenvalue weighted by molar-refractivity contribution is 5.72. The monoisotopic (exact) mass is 247 g/mol. The lowest BCUT2D eigenvalue weighted by molar-refractivity contribution is 0.415. The van der Waals surface area contributed by atoms with Crippen LogP contribution in [0.1, 0.15) is 5.56 Å². The minimum Gasteiger partial charge on any atom is -0.491 e. The molecule has 1 aromatic heterocycles. The van der Waals surface area contributed by atoms with Gasteiger partial charge in [0.1, 0.15) is 17.8 Å². The maximum absolute atomic E-state index is 13.3. The van der Waals surface area contributed by atoms with E-state index >= 15 is 0 Å². The number of anilines is 1. The number of nitrogens with one attached hydrogen (secondary N) is 1. The van der Waals surface area contributed by atoms with Crippen LogP contribution in [0.4, 0.5) is 10.2 Å². The number of methoxy groups -OCH3 is 1. The topological polar surface area (TPSA) is 47.0 Å². The first-order chi connectivity index (χ1) is 8.67. The quantitative estimate of drug-likeness (QED) is 0.905. The van der Waals surface area contributed by atoms with Crippen LogP contribution in [0, 0.1) is 12.7 Å². The second-order valence-electron chi connectivity index (χ2n) is 3.82. The van der Waals surface area contributed by atoms with Crippen molar-refractivity contribution in [2.45, 2.75) is 6.92 Å². The molecule has 18 heavy (non-hydrogen) atoms. The summed E-state index contributed by atoms with van der Waals surface area (Å²) in [7, 11) is 3.31. The van der Waals surface area contributed by atoms with E-state index in [4.69, 9.17) is 4.74 Å². The molecule has 0 amide bonds. The van der Waals surface area contributed by atoms with Crippen molar-refractivity contribution in [2.75, 3.05) is 19.5 Å². The molecule has 5 heteroatoms. The van der Waals surface area contributed by atoms with Crippen LogP contribution in [0.2, 0.25) is 0 Å². The molecule has 2 rings (SSSR count). The molecule has 94 valence electrons. The summed E-state index contributed by atoms with van der Waals surface area (Å²) in [6.07, 6.45) is 1.45. The number of benzene rings is 1. The van der Waals surface area contributed by atoms with Crippen LogP contribution in [0.5, 0.6) is 5.75 Å². The van der Waals surface area contributed by atoms with Gasteiger partial charge in [-0.1, -0.05) is 0 Å². The van der Waals surface area contributed by atoms with Crippen LogP contribution in [-0.2, 0) is 0 Å². The minimum atomic E-state index is -0.236. The van der Waals surface area contributed by atoms with Crippen molar-refractivity contribution in [1.29, 1.82) is 0 Å². The van der Waals surface area contributed by atoms with Crippen LogP contribution in [0.15, 0.2) is 24.5 Å². The zero-order chi connectivity index (χ0) is 13.1. The molecule has 0 atom stereocenters. The zero-order valence-electron chi connectivity index (χ0n) is 10.5. The second-order valence-corrected chi connectivity index (χ2v) is 3.82. The molecule has 4 nitrogen and oxygen atoms in total. The van der Waals surface area contributed by atoms with Crippen LogP contribution in [0.3, 0.4) is 0 Å². The van der Waals surface area contributed by atoms with Gasteiger partial charge in [0, 0.05) is 12.6 Å². The fourth-order valence-corrected chi connectivity index (χ4v) is 1.74. The van der Waals surface area contributed by atoms with Crippen molar-refractivity contribution in [1.82, 2.24) is 9.97 Å². The highest BCUT2D eigenvalue weighted by Crippen LogP contribution is 2.33. The van der Waals surface area contributed by atoms with E-state index in [9.17, 15) is 4.39 Å². The maximum atomic E-state index is 13.3. The lowest BCUT2D eigenvalue weighted by atomic mass is 10.1. The molecule has 0 bridgehead atoms. The normalized spacial score (nSPS) is 10.2. The van der Waals surface area contributed by atoms with Gasteiger partial charge in [0.25, 0.3) is 0 Å². The van der Waals surface area contributed by atoms with Crippen molar-refractivity contribution in [3.05, 3.63) is 35.9 Å². The lowest BCUT2D eigenvalue weighted by Crippen LogP contribution is -2.00. The number of halogens is 1. The Labute approximate surface area is 105 Å². The first kappa shape index (κ1) is 12.3. The summed E-state index contributed by atoms with van der Waals surface area (Å²) in [5.74, 6) is 0.913. The molecule has 0 saturated carbocycles. The summed E-state index contributed by atoms with van der Waals surface area (Å²) in [5.41, 5.74) is 2.00. The van der Waals surface area contributed by atoms with Gasteiger partial charge in [-0.3, -0.25) is 0 Å². The van der Waals surface area contributed by atoms with E-state index in [1.54, 1.807) is 33.2 Å². The number of hydrogen-bond acceptors (Lipinski definition) is 4. The second kappa shape index (κ2) is 5.00. The highest BCUT2D eigenvalue weighted by Gasteiger charge is 2.13. The summed E-state index contributed by atoms with van der Waals surface area (Å²) >= 11 is 0. The maximum Gasteiger partial charge on any atom is 0.187 e.